The highest BCUT2D eigenvalue weighted by Gasteiger charge is 2.08. The lowest BCUT2D eigenvalue weighted by molar-refractivity contribution is 0.104. The van der Waals surface area contributed by atoms with E-state index in [4.69, 9.17) is 16.3 Å². The van der Waals surface area contributed by atoms with E-state index in [9.17, 15) is 9.90 Å². The number of allylic oxidation sites excluding steroid dienone is 1. The van der Waals surface area contributed by atoms with Crippen LogP contribution in [0.2, 0.25) is 5.02 Å². The van der Waals surface area contributed by atoms with Crippen molar-refractivity contribution in [2.75, 3.05) is 7.11 Å². The van der Waals surface area contributed by atoms with E-state index in [0.717, 1.165) is 5.56 Å². The number of methoxy groups -OCH3 is 1. The maximum Gasteiger partial charge on any atom is 0.189 e. The average molecular weight is 289 g/mol. The fraction of sp³-hybridized carbons (Fsp3) is 0.0625. The van der Waals surface area contributed by atoms with E-state index in [1.165, 1.54) is 24.3 Å². The fourth-order valence-electron chi connectivity index (χ4n) is 1.71. The number of aromatic hydroxyl groups is 1. The van der Waals surface area contributed by atoms with E-state index in [0.29, 0.717) is 10.8 Å². The Labute approximate surface area is 122 Å². The van der Waals surface area contributed by atoms with E-state index in [2.05, 4.69) is 0 Å². The highest BCUT2D eigenvalue weighted by molar-refractivity contribution is 6.31. The molecule has 0 spiro atoms. The van der Waals surface area contributed by atoms with Crippen LogP contribution >= 0.6 is 11.6 Å². The van der Waals surface area contributed by atoms with Gasteiger partial charge in [0.2, 0.25) is 0 Å². The Morgan fingerprint density at radius 1 is 1.25 bits per heavy atom. The van der Waals surface area contributed by atoms with Crippen molar-refractivity contribution in [2.24, 2.45) is 0 Å². The molecule has 0 amide bonds. The van der Waals surface area contributed by atoms with E-state index in [1.807, 2.05) is 24.3 Å². The van der Waals surface area contributed by atoms with Gasteiger partial charge in [0.15, 0.2) is 5.78 Å². The van der Waals surface area contributed by atoms with Gasteiger partial charge in [-0.3, -0.25) is 4.79 Å². The van der Waals surface area contributed by atoms with Crippen LogP contribution in [0.5, 0.6) is 11.5 Å². The Bertz CT molecular complexity index is 663. The number of hydrogen-bond donors (Lipinski definition) is 1. The molecule has 4 heteroatoms. The molecular formula is C16H13ClO3. The zero-order chi connectivity index (χ0) is 14.5. The number of phenols is 1. The summed E-state index contributed by atoms with van der Waals surface area (Å²) in [6, 6.07) is 11.7. The minimum atomic E-state index is -0.312. The third kappa shape index (κ3) is 3.39. The molecule has 0 aliphatic carbocycles. The van der Waals surface area contributed by atoms with E-state index >= 15 is 0 Å². The van der Waals surface area contributed by atoms with Gasteiger partial charge in [-0.15, -0.1) is 0 Å². The van der Waals surface area contributed by atoms with Crippen LogP contribution in [0.3, 0.4) is 0 Å². The molecule has 0 aliphatic rings. The molecule has 3 nitrogen and oxygen atoms in total. The van der Waals surface area contributed by atoms with Gasteiger partial charge in [0.1, 0.15) is 11.5 Å². The first-order valence-electron chi connectivity index (χ1n) is 5.95. The maximum absolute atomic E-state index is 12.0. The predicted octanol–water partition coefficient (Wildman–Crippen LogP) is 3.95. The number of ether oxygens (including phenoxy) is 1. The second-order valence-electron chi connectivity index (χ2n) is 4.14. The topological polar surface area (TPSA) is 46.5 Å². The van der Waals surface area contributed by atoms with Crippen molar-refractivity contribution in [3.8, 4) is 11.5 Å². The number of carbonyl (C=O) groups is 1. The lowest BCUT2D eigenvalue weighted by Crippen LogP contribution is -1.94. The number of carbonyl (C=O) groups excluding carboxylic acids is 1. The average Bonchev–Trinajstić information content (AvgIpc) is 2.47. The minimum absolute atomic E-state index is 0.0882. The van der Waals surface area contributed by atoms with Gasteiger partial charge in [-0.1, -0.05) is 29.8 Å². The van der Waals surface area contributed by atoms with Crippen LogP contribution in [-0.2, 0) is 0 Å². The Balaban J connectivity index is 2.22. The third-order valence-electron chi connectivity index (χ3n) is 2.75. The quantitative estimate of drug-likeness (QED) is 0.684. The van der Waals surface area contributed by atoms with Crippen LogP contribution in [0.15, 0.2) is 48.5 Å². The first kappa shape index (κ1) is 14.2. The summed E-state index contributed by atoms with van der Waals surface area (Å²) in [7, 11) is 1.58. The number of benzene rings is 2. The SMILES string of the molecule is COc1cccc(/C=C/C(=O)c2cc(Cl)ccc2O)c1. The summed E-state index contributed by atoms with van der Waals surface area (Å²) in [5, 5.41) is 10.1. The van der Waals surface area contributed by atoms with Crippen LogP contribution in [0.1, 0.15) is 15.9 Å². The van der Waals surface area contributed by atoms with Gasteiger partial charge in [0.05, 0.1) is 12.7 Å². The Morgan fingerprint density at radius 3 is 2.80 bits per heavy atom. The number of hydrogen-bond acceptors (Lipinski definition) is 3. The standard InChI is InChI=1S/C16H13ClO3/c1-20-13-4-2-3-11(9-13)5-7-15(18)14-10-12(17)6-8-16(14)19/h2-10,19H,1H3/b7-5+. The third-order valence-corrected chi connectivity index (χ3v) is 2.98. The second kappa shape index (κ2) is 6.26. The van der Waals surface area contributed by atoms with Crippen molar-refractivity contribution >= 4 is 23.5 Å². The van der Waals surface area contributed by atoms with Crippen LogP contribution < -0.4 is 4.74 Å². The lowest BCUT2D eigenvalue weighted by atomic mass is 10.1. The monoisotopic (exact) mass is 288 g/mol. The molecule has 2 aromatic carbocycles. The Morgan fingerprint density at radius 2 is 2.05 bits per heavy atom. The molecule has 0 heterocycles. The van der Waals surface area contributed by atoms with Crippen LogP contribution in [-0.4, -0.2) is 18.0 Å². The van der Waals surface area contributed by atoms with Crippen molar-refractivity contribution in [1.82, 2.24) is 0 Å². The summed E-state index contributed by atoms with van der Waals surface area (Å²) in [5.41, 5.74) is 1.01. The number of rotatable bonds is 4. The molecule has 2 rings (SSSR count). The Kier molecular flexibility index (Phi) is 4.43. The molecule has 0 radical (unpaired) electrons. The first-order chi connectivity index (χ1) is 9.60. The molecule has 20 heavy (non-hydrogen) atoms. The van der Waals surface area contributed by atoms with Crippen molar-refractivity contribution in [3.05, 3.63) is 64.7 Å². The summed E-state index contributed by atoms with van der Waals surface area (Å²) in [4.78, 5) is 12.0. The predicted molar refractivity (Wildman–Crippen MR) is 79.5 cm³/mol. The minimum Gasteiger partial charge on any atom is -0.507 e. The molecule has 0 fully saturated rings. The summed E-state index contributed by atoms with van der Waals surface area (Å²) < 4.78 is 5.10. The van der Waals surface area contributed by atoms with Gasteiger partial charge in [0.25, 0.3) is 0 Å². The van der Waals surface area contributed by atoms with Gasteiger partial charge in [-0.25, -0.2) is 0 Å². The van der Waals surface area contributed by atoms with Gasteiger partial charge in [0, 0.05) is 5.02 Å². The maximum atomic E-state index is 12.0. The highest BCUT2D eigenvalue weighted by atomic mass is 35.5. The first-order valence-corrected chi connectivity index (χ1v) is 6.33. The second-order valence-corrected chi connectivity index (χ2v) is 4.57. The zero-order valence-corrected chi connectivity index (χ0v) is 11.6. The van der Waals surface area contributed by atoms with Crippen LogP contribution in [0.25, 0.3) is 6.08 Å². The van der Waals surface area contributed by atoms with Gasteiger partial charge in [-0.2, -0.15) is 0 Å². The number of ketones is 1. The highest BCUT2D eigenvalue weighted by Crippen LogP contribution is 2.22. The molecule has 0 aromatic heterocycles. The summed E-state index contributed by atoms with van der Waals surface area (Å²) in [5.74, 6) is 0.313. The van der Waals surface area contributed by atoms with Crippen molar-refractivity contribution < 1.29 is 14.6 Å². The van der Waals surface area contributed by atoms with Crippen molar-refractivity contribution in [2.45, 2.75) is 0 Å². The smallest absolute Gasteiger partial charge is 0.189 e. The molecule has 0 atom stereocenters. The summed E-state index contributed by atoms with van der Waals surface area (Å²) in [6.45, 7) is 0. The molecule has 102 valence electrons. The zero-order valence-electron chi connectivity index (χ0n) is 10.8. The molecule has 0 unspecified atom stereocenters. The lowest BCUT2D eigenvalue weighted by Gasteiger charge is -2.02. The molecule has 0 bridgehead atoms. The normalized spacial score (nSPS) is 10.7. The Hall–Kier alpha value is -2.26. The largest absolute Gasteiger partial charge is 0.507 e. The molecular weight excluding hydrogens is 276 g/mol. The van der Waals surface area contributed by atoms with E-state index in [1.54, 1.807) is 13.2 Å². The van der Waals surface area contributed by atoms with Crippen molar-refractivity contribution in [1.29, 1.82) is 0 Å². The molecule has 2 aromatic rings. The fourth-order valence-corrected chi connectivity index (χ4v) is 1.88. The van der Waals surface area contributed by atoms with Gasteiger partial charge >= 0.3 is 0 Å². The van der Waals surface area contributed by atoms with E-state index < -0.39 is 0 Å². The van der Waals surface area contributed by atoms with Gasteiger partial charge < -0.3 is 9.84 Å². The van der Waals surface area contributed by atoms with Crippen LogP contribution in [0, 0.1) is 0 Å². The molecule has 0 saturated heterocycles. The molecule has 0 saturated carbocycles. The van der Waals surface area contributed by atoms with E-state index in [-0.39, 0.29) is 17.1 Å². The van der Waals surface area contributed by atoms with Crippen molar-refractivity contribution in [3.63, 3.8) is 0 Å². The summed E-state index contributed by atoms with van der Waals surface area (Å²) in [6.07, 6.45) is 3.05. The molecule has 1 N–H and O–H groups in total. The molecule has 0 aliphatic heterocycles. The summed E-state index contributed by atoms with van der Waals surface area (Å²) >= 11 is 5.81. The number of halogens is 1. The van der Waals surface area contributed by atoms with Gasteiger partial charge in [-0.05, 0) is 42.0 Å². The number of phenolic OH excluding ortho intramolecular Hbond substituents is 1. The van der Waals surface area contributed by atoms with Crippen LogP contribution in [0.4, 0.5) is 0 Å².